The highest BCUT2D eigenvalue weighted by molar-refractivity contribution is 5.79. The van der Waals surface area contributed by atoms with Gasteiger partial charge < -0.3 is 21.5 Å². The Balaban J connectivity index is 1.94. The number of hydrogen-bond donors (Lipinski definition) is 3. The molecule has 2 amide bonds. The van der Waals surface area contributed by atoms with Crippen LogP contribution in [0.5, 0.6) is 0 Å². The molecule has 2 rings (SSSR count). The summed E-state index contributed by atoms with van der Waals surface area (Å²) in [6.07, 6.45) is 7.96. The number of nitrogens with two attached hydrogens (primary N) is 2. The van der Waals surface area contributed by atoms with Crippen molar-refractivity contribution in [2.45, 2.75) is 63.8 Å². The van der Waals surface area contributed by atoms with Gasteiger partial charge in [-0.25, -0.2) is 0 Å². The molecule has 23 heavy (non-hydrogen) atoms. The molecule has 0 aromatic carbocycles. The first kappa shape index (κ1) is 18.2. The van der Waals surface area contributed by atoms with E-state index in [-0.39, 0.29) is 35.6 Å². The highest BCUT2D eigenvalue weighted by Gasteiger charge is 2.34. The van der Waals surface area contributed by atoms with Crippen LogP contribution in [0, 0.1) is 11.3 Å². The number of carbonyl (C=O) groups excluding carboxylic acids is 2. The highest BCUT2D eigenvalue weighted by atomic mass is 16.5. The molecule has 6 nitrogen and oxygen atoms in total. The summed E-state index contributed by atoms with van der Waals surface area (Å²) in [5.41, 5.74) is 11.3. The van der Waals surface area contributed by atoms with E-state index >= 15 is 0 Å². The Kier molecular flexibility index (Phi) is 6.84. The van der Waals surface area contributed by atoms with E-state index in [0.717, 1.165) is 38.5 Å². The number of rotatable bonds is 7. The van der Waals surface area contributed by atoms with Crippen LogP contribution >= 0.6 is 0 Å². The van der Waals surface area contributed by atoms with Gasteiger partial charge in [0.1, 0.15) is 0 Å². The minimum absolute atomic E-state index is 0.00934. The van der Waals surface area contributed by atoms with Gasteiger partial charge in [-0.15, -0.1) is 0 Å². The van der Waals surface area contributed by atoms with E-state index in [4.69, 9.17) is 16.2 Å². The van der Waals surface area contributed by atoms with Crippen molar-refractivity contribution in [2.75, 3.05) is 19.8 Å². The van der Waals surface area contributed by atoms with Crippen molar-refractivity contribution >= 4 is 11.8 Å². The van der Waals surface area contributed by atoms with Crippen LogP contribution in [-0.4, -0.2) is 37.6 Å². The van der Waals surface area contributed by atoms with E-state index in [1.54, 1.807) is 0 Å². The summed E-state index contributed by atoms with van der Waals surface area (Å²) < 4.78 is 5.37. The highest BCUT2D eigenvalue weighted by Crippen LogP contribution is 2.38. The van der Waals surface area contributed by atoms with Crippen LogP contribution in [0.3, 0.4) is 0 Å². The van der Waals surface area contributed by atoms with Crippen molar-refractivity contribution in [3.05, 3.63) is 0 Å². The maximum Gasteiger partial charge on any atom is 0.220 e. The molecule has 0 spiro atoms. The molecule has 0 aromatic heterocycles. The van der Waals surface area contributed by atoms with Gasteiger partial charge in [-0.1, -0.05) is 19.3 Å². The third-order valence-corrected chi connectivity index (χ3v) is 5.49. The van der Waals surface area contributed by atoms with E-state index < -0.39 is 0 Å². The molecule has 1 saturated heterocycles. The Morgan fingerprint density at radius 1 is 1.17 bits per heavy atom. The zero-order valence-electron chi connectivity index (χ0n) is 14.0. The summed E-state index contributed by atoms with van der Waals surface area (Å²) in [6, 6.07) is -0.178. The summed E-state index contributed by atoms with van der Waals surface area (Å²) >= 11 is 0. The molecule has 0 bridgehead atoms. The fraction of sp³-hybridized carbons (Fsp3) is 0.882. The second-order valence-electron chi connectivity index (χ2n) is 7.24. The van der Waals surface area contributed by atoms with Gasteiger partial charge >= 0.3 is 0 Å². The van der Waals surface area contributed by atoms with E-state index in [1.807, 2.05) is 0 Å². The Bertz CT molecular complexity index is 402. The molecular formula is C17H31N3O3. The molecule has 6 heteroatoms. The van der Waals surface area contributed by atoms with Crippen molar-refractivity contribution < 1.29 is 14.3 Å². The SMILES string of the molecule is NCC1(CC(=O)NC(CC(N)=O)C2CCOCC2)CCCCC1. The first-order valence-corrected chi connectivity index (χ1v) is 8.90. The number of carbonyl (C=O) groups is 2. The Morgan fingerprint density at radius 2 is 1.83 bits per heavy atom. The average Bonchev–Trinajstić information content (AvgIpc) is 2.55. The second kappa shape index (κ2) is 8.64. The number of hydrogen-bond acceptors (Lipinski definition) is 4. The third-order valence-electron chi connectivity index (χ3n) is 5.49. The summed E-state index contributed by atoms with van der Waals surface area (Å²) in [4.78, 5) is 23.9. The van der Waals surface area contributed by atoms with E-state index in [2.05, 4.69) is 5.32 Å². The fourth-order valence-corrected chi connectivity index (χ4v) is 4.02. The van der Waals surface area contributed by atoms with E-state index in [0.29, 0.717) is 26.2 Å². The van der Waals surface area contributed by atoms with Crippen molar-refractivity contribution in [3.8, 4) is 0 Å². The molecule has 2 fully saturated rings. The molecule has 2 aliphatic rings. The maximum absolute atomic E-state index is 12.6. The number of nitrogens with one attached hydrogen (secondary N) is 1. The maximum atomic E-state index is 12.6. The average molecular weight is 325 g/mol. The predicted molar refractivity (Wildman–Crippen MR) is 88.5 cm³/mol. The molecule has 1 heterocycles. The van der Waals surface area contributed by atoms with E-state index in [1.165, 1.54) is 6.42 Å². The number of amides is 2. The lowest BCUT2D eigenvalue weighted by Gasteiger charge is -2.37. The summed E-state index contributed by atoms with van der Waals surface area (Å²) in [5, 5.41) is 3.07. The minimum Gasteiger partial charge on any atom is -0.381 e. The zero-order valence-corrected chi connectivity index (χ0v) is 14.0. The van der Waals surface area contributed by atoms with Gasteiger partial charge in [0.05, 0.1) is 0 Å². The van der Waals surface area contributed by atoms with Crippen LogP contribution < -0.4 is 16.8 Å². The molecule has 1 aliphatic carbocycles. The van der Waals surface area contributed by atoms with Gasteiger partial charge in [-0.05, 0) is 43.6 Å². The fourth-order valence-electron chi connectivity index (χ4n) is 4.02. The molecule has 0 radical (unpaired) electrons. The van der Waals surface area contributed by atoms with Gasteiger partial charge in [0, 0.05) is 32.1 Å². The third kappa shape index (κ3) is 5.46. The summed E-state index contributed by atoms with van der Waals surface area (Å²) in [6.45, 7) is 1.92. The molecule has 1 aliphatic heterocycles. The Hall–Kier alpha value is -1.14. The zero-order chi connectivity index (χ0) is 16.7. The first-order valence-electron chi connectivity index (χ1n) is 8.90. The molecule has 132 valence electrons. The van der Waals surface area contributed by atoms with Crippen LogP contribution in [0.1, 0.15) is 57.8 Å². The standard InChI is InChI=1S/C17H31N3O3/c18-12-17(6-2-1-3-7-17)11-16(22)20-14(10-15(19)21)13-4-8-23-9-5-13/h13-14H,1-12,18H2,(H2,19,21)(H,20,22). The first-order chi connectivity index (χ1) is 11.0. The van der Waals surface area contributed by atoms with Gasteiger partial charge in [0.2, 0.25) is 11.8 Å². The predicted octanol–water partition coefficient (Wildman–Crippen LogP) is 1.07. The van der Waals surface area contributed by atoms with Crippen molar-refractivity contribution in [1.29, 1.82) is 0 Å². The monoisotopic (exact) mass is 325 g/mol. The van der Waals surface area contributed by atoms with Crippen molar-refractivity contribution in [3.63, 3.8) is 0 Å². The Morgan fingerprint density at radius 3 is 2.39 bits per heavy atom. The number of ether oxygens (including phenoxy) is 1. The minimum atomic E-state index is -0.368. The van der Waals surface area contributed by atoms with Gasteiger partial charge in [0.15, 0.2) is 0 Å². The van der Waals surface area contributed by atoms with Crippen LogP contribution in [-0.2, 0) is 14.3 Å². The normalized spacial score (nSPS) is 23.2. The van der Waals surface area contributed by atoms with E-state index in [9.17, 15) is 9.59 Å². The van der Waals surface area contributed by atoms with Crippen molar-refractivity contribution in [2.24, 2.45) is 22.8 Å². The van der Waals surface area contributed by atoms with Crippen LogP contribution in [0.15, 0.2) is 0 Å². The van der Waals surface area contributed by atoms with Crippen LogP contribution in [0.2, 0.25) is 0 Å². The molecule has 1 saturated carbocycles. The van der Waals surface area contributed by atoms with Crippen molar-refractivity contribution in [1.82, 2.24) is 5.32 Å². The molecular weight excluding hydrogens is 294 g/mol. The number of primary amides is 1. The smallest absolute Gasteiger partial charge is 0.220 e. The van der Waals surface area contributed by atoms with Gasteiger partial charge in [0.25, 0.3) is 0 Å². The largest absolute Gasteiger partial charge is 0.381 e. The topological polar surface area (TPSA) is 107 Å². The second-order valence-corrected chi connectivity index (χ2v) is 7.24. The van der Waals surface area contributed by atoms with Gasteiger partial charge in [-0.2, -0.15) is 0 Å². The molecule has 5 N–H and O–H groups in total. The quantitative estimate of drug-likeness (QED) is 0.651. The lowest BCUT2D eigenvalue weighted by Crippen LogP contribution is -2.47. The summed E-state index contributed by atoms with van der Waals surface area (Å²) in [5.74, 6) is -0.0940. The molecule has 1 atom stereocenters. The lowest BCUT2D eigenvalue weighted by molar-refractivity contribution is -0.126. The summed E-state index contributed by atoms with van der Waals surface area (Å²) in [7, 11) is 0. The lowest BCUT2D eigenvalue weighted by atomic mass is 9.71. The van der Waals surface area contributed by atoms with Crippen LogP contribution in [0.4, 0.5) is 0 Å². The van der Waals surface area contributed by atoms with Gasteiger partial charge in [-0.3, -0.25) is 9.59 Å². The van der Waals surface area contributed by atoms with Crippen LogP contribution in [0.25, 0.3) is 0 Å². The molecule has 0 aromatic rings. The molecule has 1 unspecified atom stereocenters. The Labute approximate surface area is 138 Å².